The number of hydrazine groups is 1. The van der Waals surface area contributed by atoms with E-state index in [-0.39, 0.29) is 23.0 Å². The fraction of sp³-hybridized carbons (Fsp3) is 0.240. The molecule has 1 aliphatic carbocycles. The summed E-state index contributed by atoms with van der Waals surface area (Å²) in [4.78, 5) is 38.1. The summed E-state index contributed by atoms with van der Waals surface area (Å²) in [5, 5.41) is 4.56. The van der Waals surface area contributed by atoms with E-state index in [1.807, 2.05) is 24.3 Å². The van der Waals surface area contributed by atoms with Crippen molar-refractivity contribution in [3.63, 3.8) is 0 Å². The van der Waals surface area contributed by atoms with Crippen molar-refractivity contribution in [2.75, 3.05) is 26.6 Å². The highest BCUT2D eigenvalue weighted by Gasteiger charge is 2.30. The number of ether oxygens (including phenoxy) is 3. The maximum absolute atomic E-state index is 13.0. The van der Waals surface area contributed by atoms with Crippen molar-refractivity contribution < 1.29 is 28.6 Å². The van der Waals surface area contributed by atoms with Crippen LogP contribution in [0.4, 0.5) is 5.69 Å². The molecule has 0 atom stereocenters. The van der Waals surface area contributed by atoms with Crippen LogP contribution in [0.2, 0.25) is 0 Å². The highest BCUT2D eigenvalue weighted by atomic mass is 16.5. The van der Waals surface area contributed by atoms with Crippen LogP contribution in [0.1, 0.15) is 33.6 Å². The molecule has 0 bridgehead atoms. The summed E-state index contributed by atoms with van der Waals surface area (Å²) in [6, 6.07) is 13.9. The normalized spacial score (nSPS) is 12.6. The van der Waals surface area contributed by atoms with Crippen molar-refractivity contribution in [1.29, 1.82) is 0 Å². The molecule has 3 aromatic carbocycles. The van der Waals surface area contributed by atoms with E-state index in [0.29, 0.717) is 22.9 Å². The Bertz CT molecular complexity index is 1240. The molecule has 0 aliphatic heterocycles. The number of carbonyl (C=O) groups excluding carboxylic acids is 3. The van der Waals surface area contributed by atoms with Gasteiger partial charge in [-0.3, -0.25) is 25.2 Å². The fourth-order valence-electron chi connectivity index (χ4n) is 3.58. The number of hydrogen-bond acceptors (Lipinski definition) is 6. The van der Waals surface area contributed by atoms with Gasteiger partial charge in [0.25, 0.3) is 11.8 Å². The molecule has 3 aromatic rings. The van der Waals surface area contributed by atoms with Crippen molar-refractivity contribution in [2.24, 2.45) is 5.92 Å². The van der Waals surface area contributed by atoms with Gasteiger partial charge in [-0.1, -0.05) is 24.3 Å². The van der Waals surface area contributed by atoms with Crippen LogP contribution >= 0.6 is 0 Å². The van der Waals surface area contributed by atoms with Gasteiger partial charge in [0.15, 0.2) is 11.5 Å². The van der Waals surface area contributed by atoms with Crippen molar-refractivity contribution in [3.05, 3.63) is 59.7 Å². The lowest BCUT2D eigenvalue weighted by Crippen LogP contribution is -2.42. The highest BCUT2D eigenvalue weighted by Crippen LogP contribution is 2.38. The summed E-state index contributed by atoms with van der Waals surface area (Å²) in [5.74, 6) is -0.351. The molecule has 0 radical (unpaired) electrons. The summed E-state index contributed by atoms with van der Waals surface area (Å²) >= 11 is 0. The molecule has 0 unspecified atom stereocenters. The van der Waals surface area contributed by atoms with E-state index in [1.54, 1.807) is 12.1 Å². The molecule has 0 saturated heterocycles. The van der Waals surface area contributed by atoms with Crippen molar-refractivity contribution >= 4 is 34.2 Å². The topological polar surface area (TPSA) is 115 Å². The van der Waals surface area contributed by atoms with Crippen LogP contribution in [0.3, 0.4) is 0 Å². The number of hydrogen-bond donors (Lipinski definition) is 3. The largest absolute Gasteiger partial charge is 0.493 e. The molecule has 1 saturated carbocycles. The lowest BCUT2D eigenvalue weighted by molar-refractivity contribution is -0.117. The van der Waals surface area contributed by atoms with E-state index in [0.717, 1.165) is 23.6 Å². The molecular formula is C25H25N3O6. The number of fused-ring (bicyclic) bond motifs is 1. The number of carbonyl (C=O) groups is 3. The zero-order valence-corrected chi connectivity index (χ0v) is 19.1. The first-order valence-electron chi connectivity index (χ1n) is 10.7. The average molecular weight is 463 g/mol. The zero-order chi connectivity index (χ0) is 24.2. The molecule has 3 amide bonds. The average Bonchev–Trinajstić information content (AvgIpc) is 3.71. The number of nitrogens with one attached hydrogen (secondary N) is 3. The van der Waals surface area contributed by atoms with E-state index in [2.05, 4.69) is 16.2 Å². The van der Waals surface area contributed by atoms with Gasteiger partial charge in [0.2, 0.25) is 11.7 Å². The minimum Gasteiger partial charge on any atom is -0.493 e. The van der Waals surface area contributed by atoms with Crippen LogP contribution in [0.15, 0.2) is 48.5 Å². The Morgan fingerprint density at radius 2 is 1.38 bits per heavy atom. The predicted octanol–water partition coefficient (Wildman–Crippen LogP) is 3.29. The highest BCUT2D eigenvalue weighted by molar-refractivity contribution is 6.09. The van der Waals surface area contributed by atoms with E-state index in [9.17, 15) is 14.4 Å². The molecule has 0 heterocycles. The second-order valence-corrected chi connectivity index (χ2v) is 7.83. The maximum Gasteiger partial charge on any atom is 0.271 e. The van der Waals surface area contributed by atoms with Gasteiger partial charge in [0.05, 0.1) is 32.6 Å². The van der Waals surface area contributed by atoms with E-state index < -0.39 is 11.8 Å². The standard InChI is InChI=1S/C25H25N3O6/c1-32-20-12-17(13-21(33-2)22(20)34-3)24(30)27-28-25(31)18-10-15-6-4-5-7-16(15)11-19(18)26-23(29)14-8-9-14/h4-7,10-14H,8-9H2,1-3H3,(H,26,29)(H,27,30)(H,28,31). The molecule has 0 spiro atoms. The number of anilines is 1. The van der Waals surface area contributed by atoms with Crippen LogP contribution in [-0.4, -0.2) is 39.1 Å². The van der Waals surface area contributed by atoms with Gasteiger partial charge in [0, 0.05) is 11.5 Å². The van der Waals surface area contributed by atoms with Gasteiger partial charge in [-0.15, -0.1) is 0 Å². The molecule has 9 heteroatoms. The van der Waals surface area contributed by atoms with E-state index in [4.69, 9.17) is 14.2 Å². The number of benzene rings is 3. The summed E-state index contributed by atoms with van der Waals surface area (Å²) in [5.41, 5.74) is 5.63. The smallest absolute Gasteiger partial charge is 0.271 e. The van der Waals surface area contributed by atoms with Crippen LogP contribution in [0.25, 0.3) is 10.8 Å². The first-order valence-corrected chi connectivity index (χ1v) is 10.7. The van der Waals surface area contributed by atoms with Gasteiger partial charge in [-0.2, -0.15) is 0 Å². The van der Waals surface area contributed by atoms with Gasteiger partial charge < -0.3 is 19.5 Å². The second kappa shape index (κ2) is 9.70. The minimum absolute atomic E-state index is 0.0258. The molecule has 9 nitrogen and oxygen atoms in total. The Morgan fingerprint density at radius 3 is 1.94 bits per heavy atom. The van der Waals surface area contributed by atoms with E-state index in [1.165, 1.54) is 33.5 Å². The van der Waals surface area contributed by atoms with Gasteiger partial charge in [-0.05, 0) is 47.9 Å². The Kier molecular flexibility index (Phi) is 6.53. The quantitative estimate of drug-likeness (QED) is 0.463. The first-order chi connectivity index (χ1) is 16.4. The van der Waals surface area contributed by atoms with Gasteiger partial charge in [0.1, 0.15) is 0 Å². The van der Waals surface area contributed by atoms with Crippen LogP contribution < -0.4 is 30.4 Å². The Balaban J connectivity index is 1.56. The number of rotatable bonds is 7. The molecular weight excluding hydrogens is 438 g/mol. The fourth-order valence-corrected chi connectivity index (χ4v) is 3.58. The summed E-state index contributed by atoms with van der Waals surface area (Å²) in [6.07, 6.45) is 1.68. The third-order valence-corrected chi connectivity index (χ3v) is 5.55. The van der Waals surface area contributed by atoms with Crippen LogP contribution in [0.5, 0.6) is 17.2 Å². The zero-order valence-electron chi connectivity index (χ0n) is 19.1. The molecule has 4 rings (SSSR count). The second-order valence-electron chi connectivity index (χ2n) is 7.83. The predicted molar refractivity (Wildman–Crippen MR) is 126 cm³/mol. The van der Waals surface area contributed by atoms with Crippen molar-refractivity contribution in [3.8, 4) is 17.2 Å². The molecule has 34 heavy (non-hydrogen) atoms. The third kappa shape index (κ3) is 4.73. The SMILES string of the molecule is COc1cc(C(=O)NNC(=O)c2cc3ccccc3cc2NC(=O)C2CC2)cc(OC)c1OC. The lowest BCUT2D eigenvalue weighted by Gasteiger charge is -2.15. The summed E-state index contributed by atoms with van der Waals surface area (Å²) in [6.45, 7) is 0. The van der Waals surface area contributed by atoms with Crippen LogP contribution in [-0.2, 0) is 4.79 Å². The molecule has 176 valence electrons. The van der Waals surface area contributed by atoms with Gasteiger partial charge >= 0.3 is 0 Å². The Morgan fingerprint density at radius 1 is 0.794 bits per heavy atom. The lowest BCUT2D eigenvalue weighted by atomic mass is 10.0. The molecule has 3 N–H and O–H groups in total. The Labute approximate surface area is 196 Å². The molecule has 0 aromatic heterocycles. The van der Waals surface area contributed by atoms with Crippen molar-refractivity contribution in [2.45, 2.75) is 12.8 Å². The third-order valence-electron chi connectivity index (χ3n) is 5.55. The van der Waals surface area contributed by atoms with Crippen LogP contribution in [0, 0.1) is 5.92 Å². The number of amides is 3. The number of methoxy groups -OCH3 is 3. The summed E-state index contributed by atoms with van der Waals surface area (Å²) < 4.78 is 15.8. The maximum atomic E-state index is 13.0. The van der Waals surface area contributed by atoms with Gasteiger partial charge in [-0.25, -0.2) is 0 Å². The minimum atomic E-state index is -0.586. The monoisotopic (exact) mass is 463 g/mol. The molecule has 1 fully saturated rings. The summed E-state index contributed by atoms with van der Waals surface area (Å²) in [7, 11) is 4.35. The molecule has 1 aliphatic rings. The van der Waals surface area contributed by atoms with Crippen molar-refractivity contribution in [1.82, 2.24) is 10.9 Å². The van der Waals surface area contributed by atoms with E-state index >= 15 is 0 Å². The Hall–Kier alpha value is -4.27. The first kappa shape index (κ1) is 22.9.